The van der Waals surface area contributed by atoms with Crippen molar-refractivity contribution in [3.05, 3.63) is 22.9 Å². The van der Waals surface area contributed by atoms with Crippen molar-refractivity contribution in [3.63, 3.8) is 0 Å². The summed E-state index contributed by atoms with van der Waals surface area (Å²) in [5.41, 5.74) is 9.20. The van der Waals surface area contributed by atoms with Crippen molar-refractivity contribution in [1.29, 1.82) is 5.41 Å². The maximum Gasteiger partial charge on any atom is 0.139 e. The van der Waals surface area contributed by atoms with Crippen LogP contribution in [0, 0.1) is 11.3 Å². The molecule has 2 aliphatic rings. The van der Waals surface area contributed by atoms with E-state index in [-0.39, 0.29) is 5.84 Å². The average Bonchev–Trinajstić information content (AvgIpc) is 2.45. The highest BCUT2D eigenvalue weighted by Crippen LogP contribution is 2.31. The molecule has 4 heteroatoms. The van der Waals surface area contributed by atoms with Gasteiger partial charge in [-0.1, -0.05) is 6.42 Å². The number of pyridine rings is 1. The predicted octanol–water partition coefficient (Wildman–Crippen LogP) is 2.87. The molecule has 1 aromatic rings. The van der Waals surface area contributed by atoms with Crippen molar-refractivity contribution in [2.75, 3.05) is 18.0 Å². The van der Waals surface area contributed by atoms with Gasteiger partial charge in [0, 0.05) is 18.8 Å². The van der Waals surface area contributed by atoms with Crippen LogP contribution in [0.15, 0.2) is 6.07 Å². The van der Waals surface area contributed by atoms with Crippen LogP contribution in [0.3, 0.4) is 0 Å². The molecule has 0 saturated heterocycles. The minimum absolute atomic E-state index is 0.151. The zero-order valence-electron chi connectivity index (χ0n) is 13.0. The first-order valence-corrected chi connectivity index (χ1v) is 8.31. The van der Waals surface area contributed by atoms with Gasteiger partial charge in [0.15, 0.2) is 0 Å². The molecular weight excluding hydrogens is 260 g/mol. The van der Waals surface area contributed by atoms with E-state index in [0.29, 0.717) is 0 Å². The Hall–Kier alpha value is -1.58. The van der Waals surface area contributed by atoms with E-state index in [0.717, 1.165) is 43.2 Å². The summed E-state index contributed by atoms with van der Waals surface area (Å²) in [6.45, 7) is 4.16. The highest BCUT2D eigenvalue weighted by molar-refractivity contribution is 5.99. The average molecular weight is 286 g/mol. The lowest BCUT2D eigenvalue weighted by atomic mass is 9.85. The SMILES string of the molecule is CCN(CC1CCC1)c1nc2c(cc1C(=N)N)CCCC2. The number of nitrogens with one attached hydrogen (secondary N) is 1. The van der Waals surface area contributed by atoms with Gasteiger partial charge in [0.1, 0.15) is 11.7 Å². The molecule has 0 radical (unpaired) electrons. The van der Waals surface area contributed by atoms with Crippen molar-refractivity contribution in [2.45, 2.75) is 51.9 Å². The second-order valence-electron chi connectivity index (χ2n) is 6.42. The number of aryl methyl sites for hydroxylation is 2. The fourth-order valence-electron chi connectivity index (χ4n) is 3.41. The number of nitrogens with two attached hydrogens (primary N) is 1. The third-order valence-corrected chi connectivity index (χ3v) is 4.96. The third-order valence-electron chi connectivity index (χ3n) is 4.96. The molecule has 0 spiro atoms. The number of anilines is 1. The van der Waals surface area contributed by atoms with Crippen LogP contribution in [0.2, 0.25) is 0 Å². The molecule has 21 heavy (non-hydrogen) atoms. The van der Waals surface area contributed by atoms with E-state index >= 15 is 0 Å². The van der Waals surface area contributed by atoms with E-state index in [4.69, 9.17) is 16.1 Å². The Balaban J connectivity index is 1.95. The van der Waals surface area contributed by atoms with Crippen LogP contribution in [0.5, 0.6) is 0 Å². The minimum atomic E-state index is 0.151. The largest absolute Gasteiger partial charge is 0.384 e. The van der Waals surface area contributed by atoms with Gasteiger partial charge in [0.05, 0.1) is 5.56 Å². The van der Waals surface area contributed by atoms with Crippen LogP contribution < -0.4 is 10.6 Å². The van der Waals surface area contributed by atoms with Gasteiger partial charge in [-0.3, -0.25) is 5.41 Å². The summed E-state index contributed by atoms with van der Waals surface area (Å²) >= 11 is 0. The van der Waals surface area contributed by atoms with Crippen LogP contribution in [0.4, 0.5) is 5.82 Å². The summed E-state index contributed by atoms with van der Waals surface area (Å²) in [7, 11) is 0. The van der Waals surface area contributed by atoms with Crippen molar-refractivity contribution >= 4 is 11.7 Å². The van der Waals surface area contributed by atoms with Crippen LogP contribution in [-0.4, -0.2) is 23.9 Å². The Morgan fingerprint density at radius 2 is 2.10 bits per heavy atom. The molecule has 0 atom stereocenters. The van der Waals surface area contributed by atoms with E-state index < -0.39 is 0 Å². The highest BCUT2D eigenvalue weighted by atomic mass is 15.2. The number of nitrogens with zero attached hydrogens (tertiary/aromatic N) is 2. The minimum Gasteiger partial charge on any atom is -0.384 e. The lowest BCUT2D eigenvalue weighted by Gasteiger charge is -2.34. The van der Waals surface area contributed by atoms with E-state index in [2.05, 4.69) is 17.9 Å². The summed E-state index contributed by atoms with van der Waals surface area (Å²) in [5.74, 6) is 1.89. The first-order chi connectivity index (χ1) is 10.2. The summed E-state index contributed by atoms with van der Waals surface area (Å²) in [6, 6.07) is 2.13. The first-order valence-electron chi connectivity index (χ1n) is 8.31. The number of hydrogen-bond acceptors (Lipinski definition) is 3. The van der Waals surface area contributed by atoms with Crippen LogP contribution in [-0.2, 0) is 12.8 Å². The number of hydrogen-bond donors (Lipinski definition) is 2. The molecule has 3 N–H and O–H groups in total. The molecule has 0 bridgehead atoms. The zero-order chi connectivity index (χ0) is 14.8. The fourth-order valence-corrected chi connectivity index (χ4v) is 3.41. The van der Waals surface area contributed by atoms with Gasteiger partial charge in [0.25, 0.3) is 0 Å². The van der Waals surface area contributed by atoms with E-state index in [1.807, 2.05) is 0 Å². The topological polar surface area (TPSA) is 66.0 Å². The number of fused-ring (bicyclic) bond motifs is 1. The Morgan fingerprint density at radius 3 is 2.71 bits per heavy atom. The maximum absolute atomic E-state index is 7.91. The molecule has 4 nitrogen and oxygen atoms in total. The molecule has 0 amide bonds. The smallest absolute Gasteiger partial charge is 0.139 e. The van der Waals surface area contributed by atoms with E-state index in [9.17, 15) is 0 Å². The lowest BCUT2D eigenvalue weighted by Crippen LogP contribution is -2.35. The number of amidine groups is 1. The van der Waals surface area contributed by atoms with Gasteiger partial charge in [-0.05, 0) is 63.0 Å². The molecule has 1 fully saturated rings. The molecular formula is C17H26N4. The van der Waals surface area contributed by atoms with Gasteiger partial charge in [-0.2, -0.15) is 0 Å². The Morgan fingerprint density at radius 1 is 1.33 bits per heavy atom. The monoisotopic (exact) mass is 286 g/mol. The predicted molar refractivity (Wildman–Crippen MR) is 87.1 cm³/mol. The van der Waals surface area contributed by atoms with Crippen LogP contribution >= 0.6 is 0 Å². The summed E-state index contributed by atoms with van der Waals surface area (Å²) < 4.78 is 0. The van der Waals surface area contributed by atoms with Crippen molar-refractivity contribution < 1.29 is 0 Å². The molecule has 0 aliphatic heterocycles. The lowest BCUT2D eigenvalue weighted by molar-refractivity contribution is 0.318. The Kier molecular flexibility index (Phi) is 4.13. The van der Waals surface area contributed by atoms with Crippen molar-refractivity contribution in [3.8, 4) is 0 Å². The molecule has 3 rings (SSSR count). The molecule has 0 aromatic carbocycles. The maximum atomic E-state index is 7.91. The Bertz CT molecular complexity index is 534. The van der Waals surface area contributed by atoms with E-state index in [1.54, 1.807) is 0 Å². The van der Waals surface area contributed by atoms with Crippen molar-refractivity contribution in [2.24, 2.45) is 11.7 Å². The molecule has 1 aromatic heterocycles. The molecule has 0 unspecified atom stereocenters. The number of aromatic nitrogens is 1. The number of nitrogen functional groups attached to an aromatic ring is 1. The molecule has 114 valence electrons. The van der Waals surface area contributed by atoms with Gasteiger partial charge in [-0.25, -0.2) is 4.98 Å². The third kappa shape index (κ3) is 2.89. The van der Waals surface area contributed by atoms with E-state index in [1.165, 1.54) is 43.4 Å². The quantitative estimate of drug-likeness (QED) is 0.646. The standard InChI is InChI=1S/C17H26N4/c1-2-21(11-12-6-5-7-12)17-14(16(18)19)10-13-8-3-4-9-15(13)20-17/h10,12H,2-9,11H2,1H3,(H3,18,19). The second kappa shape index (κ2) is 6.04. The zero-order valence-corrected chi connectivity index (χ0v) is 13.0. The first kappa shape index (κ1) is 14.4. The molecule has 1 saturated carbocycles. The fraction of sp³-hybridized carbons (Fsp3) is 0.647. The summed E-state index contributed by atoms with van der Waals surface area (Å²) in [6.07, 6.45) is 8.63. The normalized spacial score (nSPS) is 18.0. The van der Waals surface area contributed by atoms with Gasteiger partial charge in [0.2, 0.25) is 0 Å². The van der Waals surface area contributed by atoms with Gasteiger partial charge in [-0.15, -0.1) is 0 Å². The molecule has 1 heterocycles. The molecule has 2 aliphatic carbocycles. The van der Waals surface area contributed by atoms with Crippen LogP contribution in [0.1, 0.15) is 55.8 Å². The van der Waals surface area contributed by atoms with Gasteiger partial charge < -0.3 is 10.6 Å². The summed E-state index contributed by atoms with van der Waals surface area (Å²) in [5, 5.41) is 7.91. The van der Waals surface area contributed by atoms with Gasteiger partial charge >= 0.3 is 0 Å². The Labute approximate surface area is 127 Å². The second-order valence-corrected chi connectivity index (χ2v) is 6.42. The van der Waals surface area contributed by atoms with Crippen molar-refractivity contribution in [1.82, 2.24) is 4.98 Å². The number of rotatable bonds is 5. The highest BCUT2D eigenvalue weighted by Gasteiger charge is 2.24. The summed E-state index contributed by atoms with van der Waals surface area (Å²) in [4.78, 5) is 7.25. The van der Waals surface area contributed by atoms with Crippen LogP contribution in [0.25, 0.3) is 0 Å².